The number of anilines is 1. The van der Waals surface area contributed by atoms with Gasteiger partial charge in [0.25, 0.3) is 0 Å². The second-order valence-corrected chi connectivity index (χ2v) is 7.56. The third-order valence-electron chi connectivity index (χ3n) is 6.51. The lowest BCUT2D eigenvalue weighted by Gasteiger charge is -2.43. The van der Waals surface area contributed by atoms with Gasteiger partial charge in [-0.3, -0.25) is 9.69 Å². The summed E-state index contributed by atoms with van der Waals surface area (Å²) in [4.78, 5) is 17.3. The third kappa shape index (κ3) is 2.88. The maximum atomic E-state index is 13.0. The summed E-state index contributed by atoms with van der Waals surface area (Å²) in [6, 6.07) is 8.52. The number of methoxy groups -OCH3 is 2. The van der Waals surface area contributed by atoms with Crippen LogP contribution in [0.5, 0.6) is 0 Å². The van der Waals surface area contributed by atoms with Gasteiger partial charge in [0, 0.05) is 39.0 Å². The number of nitrogens with zero attached hydrogens (tertiary/aromatic N) is 2. The number of rotatable bonds is 4. The third-order valence-corrected chi connectivity index (χ3v) is 6.51. The summed E-state index contributed by atoms with van der Waals surface area (Å²) in [6.07, 6.45) is 5.25. The van der Waals surface area contributed by atoms with Gasteiger partial charge in [0.15, 0.2) is 0 Å². The van der Waals surface area contributed by atoms with Crippen molar-refractivity contribution in [3.05, 3.63) is 29.8 Å². The zero-order valence-electron chi connectivity index (χ0n) is 15.2. The van der Waals surface area contributed by atoms with E-state index in [1.165, 1.54) is 5.56 Å². The van der Waals surface area contributed by atoms with Crippen LogP contribution in [-0.4, -0.2) is 62.4 Å². The first-order chi connectivity index (χ1) is 12.2. The molecule has 5 heteroatoms. The van der Waals surface area contributed by atoms with E-state index in [1.54, 1.807) is 7.11 Å². The predicted molar refractivity (Wildman–Crippen MR) is 96.9 cm³/mol. The number of amides is 1. The number of likely N-dealkylation sites (tertiary alicyclic amines) is 1. The van der Waals surface area contributed by atoms with Gasteiger partial charge in [-0.25, -0.2) is 0 Å². The molecule has 3 atom stereocenters. The Morgan fingerprint density at radius 2 is 2.08 bits per heavy atom. The maximum Gasteiger partial charge on any atom is 0.241 e. The van der Waals surface area contributed by atoms with E-state index in [0.29, 0.717) is 6.54 Å². The van der Waals surface area contributed by atoms with Crippen molar-refractivity contribution in [2.75, 3.05) is 38.8 Å². The van der Waals surface area contributed by atoms with Gasteiger partial charge in [-0.05, 0) is 43.7 Å². The molecular formula is C20H28N2O3. The SMILES string of the molecule is CO[C@H]1CC[C@]2(OC)CCN(CC(=O)N3CCc4ccccc43)[C@@H]2C1. The molecule has 0 bridgehead atoms. The monoisotopic (exact) mass is 344 g/mol. The highest BCUT2D eigenvalue weighted by atomic mass is 16.5. The van der Waals surface area contributed by atoms with Crippen molar-refractivity contribution < 1.29 is 14.3 Å². The molecule has 4 rings (SSSR count). The van der Waals surface area contributed by atoms with E-state index < -0.39 is 0 Å². The topological polar surface area (TPSA) is 42.0 Å². The van der Waals surface area contributed by atoms with Crippen LogP contribution in [0.3, 0.4) is 0 Å². The van der Waals surface area contributed by atoms with Gasteiger partial charge in [-0.15, -0.1) is 0 Å². The Morgan fingerprint density at radius 3 is 2.88 bits per heavy atom. The van der Waals surface area contributed by atoms with Crippen molar-refractivity contribution >= 4 is 11.6 Å². The van der Waals surface area contributed by atoms with Crippen LogP contribution in [0, 0.1) is 0 Å². The number of hydrogen-bond donors (Lipinski definition) is 0. The van der Waals surface area contributed by atoms with Crippen LogP contribution in [0.15, 0.2) is 24.3 Å². The van der Waals surface area contributed by atoms with Gasteiger partial charge in [0.05, 0.1) is 18.2 Å². The summed E-state index contributed by atoms with van der Waals surface area (Å²) in [5.41, 5.74) is 2.27. The number of ether oxygens (including phenoxy) is 2. The molecule has 1 aromatic carbocycles. The second kappa shape index (κ2) is 6.71. The molecule has 2 aliphatic heterocycles. The summed E-state index contributed by atoms with van der Waals surface area (Å²) in [7, 11) is 3.61. The average molecular weight is 344 g/mol. The number of carbonyl (C=O) groups is 1. The minimum absolute atomic E-state index is 0.0990. The van der Waals surface area contributed by atoms with Crippen molar-refractivity contribution in [2.45, 2.75) is 49.9 Å². The maximum absolute atomic E-state index is 13.0. The van der Waals surface area contributed by atoms with Crippen LogP contribution in [-0.2, 0) is 20.7 Å². The molecule has 1 aromatic rings. The highest BCUT2D eigenvalue weighted by Crippen LogP contribution is 2.43. The van der Waals surface area contributed by atoms with E-state index in [1.807, 2.05) is 24.1 Å². The normalized spacial score (nSPS) is 31.8. The fraction of sp³-hybridized carbons (Fsp3) is 0.650. The zero-order valence-corrected chi connectivity index (χ0v) is 15.2. The molecule has 5 nitrogen and oxygen atoms in total. The largest absolute Gasteiger partial charge is 0.381 e. The van der Waals surface area contributed by atoms with E-state index in [0.717, 1.165) is 50.9 Å². The van der Waals surface area contributed by atoms with Crippen LogP contribution in [0.1, 0.15) is 31.2 Å². The van der Waals surface area contributed by atoms with Gasteiger partial charge >= 0.3 is 0 Å². The molecule has 136 valence electrons. The quantitative estimate of drug-likeness (QED) is 0.840. The minimum atomic E-state index is -0.0990. The zero-order chi connectivity index (χ0) is 17.4. The van der Waals surface area contributed by atoms with Crippen molar-refractivity contribution in [1.82, 2.24) is 4.90 Å². The summed E-state index contributed by atoms with van der Waals surface area (Å²) < 4.78 is 11.6. The van der Waals surface area contributed by atoms with E-state index in [4.69, 9.17) is 9.47 Å². The average Bonchev–Trinajstić information content (AvgIpc) is 3.23. The van der Waals surface area contributed by atoms with Crippen LogP contribution >= 0.6 is 0 Å². The lowest BCUT2D eigenvalue weighted by atomic mass is 9.79. The summed E-state index contributed by atoms with van der Waals surface area (Å²) in [6.45, 7) is 2.20. The predicted octanol–water partition coefficient (Wildman–Crippen LogP) is 2.23. The van der Waals surface area contributed by atoms with Gasteiger partial charge in [0.2, 0.25) is 5.91 Å². The van der Waals surface area contributed by atoms with Crippen molar-refractivity contribution in [3.8, 4) is 0 Å². The van der Waals surface area contributed by atoms with Crippen molar-refractivity contribution in [1.29, 1.82) is 0 Å². The smallest absolute Gasteiger partial charge is 0.241 e. The van der Waals surface area contributed by atoms with Gasteiger partial charge < -0.3 is 14.4 Å². The molecule has 0 spiro atoms. The highest BCUT2D eigenvalue weighted by Gasteiger charge is 2.51. The second-order valence-electron chi connectivity index (χ2n) is 7.56. The van der Waals surface area contributed by atoms with Gasteiger partial charge in [0.1, 0.15) is 0 Å². The lowest BCUT2D eigenvalue weighted by molar-refractivity contribution is -0.123. The lowest BCUT2D eigenvalue weighted by Crippen LogP contribution is -2.53. The Bertz CT molecular complexity index is 650. The summed E-state index contributed by atoms with van der Waals surface area (Å²) in [5.74, 6) is 0.205. The van der Waals surface area contributed by atoms with Crippen LogP contribution in [0.25, 0.3) is 0 Å². The summed E-state index contributed by atoms with van der Waals surface area (Å²) in [5, 5.41) is 0. The van der Waals surface area contributed by atoms with E-state index >= 15 is 0 Å². The Hall–Kier alpha value is -1.43. The Labute approximate surface area is 149 Å². The number of para-hydroxylation sites is 1. The highest BCUT2D eigenvalue weighted by molar-refractivity contribution is 5.96. The fourth-order valence-corrected chi connectivity index (χ4v) is 5.02. The van der Waals surface area contributed by atoms with E-state index in [9.17, 15) is 4.79 Å². The molecule has 2 heterocycles. The molecule has 3 aliphatic rings. The first-order valence-electron chi connectivity index (χ1n) is 9.37. The standard InChI is InChI=1S/C20H28N2O3/c1-24-16-7-9-20(25-2)10-12-21(18(20)13-16)14-19(23)22-11-8-15-5-3-4-6-17(15)22/h3-6,16,18H,7-14H2,1-2H3/t16-,18+,20-/m0/s1. The Morgan fingerprint density at radius 1 is 1.24 bits per heavy atom. The molecule has 1 saturated carbocycles. The molecular weight excluding hydrogens is 316 g/mol. The fourth-order valence-electron chi connectivity index (χ4n) is 5.02. The first-order valence-corrected chi connectivity index (χ1v) is 9.37. The molecule has 0 unspecified atom stereocenters. The molecule has 1 saturated heterocycles. The molecule has 1 aliphatic carbocycles. The molecule has 25 heavy (non-hydrogen) atoms. The number of hydrogen-bond acceptors (Lipinski definition) is 4. The number of carbonyl (C=O) groups excluding carboxylic acids is 1. The molecule has 1 amide bonds. The minimum Gasteiger partial charge on any atom is -0.381 e. The van der Waals surface area contributed by atoms with Crippen LogP contribution in [0.4, 0.5) is 5.69 Å². The van der Waals surface area contributed by atoms with E-state index in [-0.39, 0.29) is 23.7 Å². The van der Waals surface area contributed by atoms with Crippen LogP contribution < -0.4 is 4.90 Å². The molecule has 0 aromatic heterocycles. The number of benzene rings is 1. The van der Waals surface area contributed by atoms with Gasteiger partial charge in [-0.2, -0.15) is 0 Å². The molecule has 2 fully saturated rings. The Kier molecular flexibility index (Phi) is 4.56. The number of fused-ring (bicyclic) bond motifs is 2. The first kappa shape index (κ1) is 17.0. The van der Waals surface area contributed by atoms with Gasteiger partial charge in [-0.1, -0.05) is 18.2 Å². The van der Waals surface area contributed by atoms with E-state index in [2.05, 4.69) is 17.0 Å². The van der Waals surface area contributed by atoms with Crippen molar-refractivity contribution in [2.24, 2.45) is 0 Å². The Balaban J connectivity index is 1.48. The van der Waals surface area contributed by atoms with Crippen molar-refractivity contribution in [3.63, 3.8) is 0 Å². The summed E-state index contributed by atoms with van der Waals surface area (Å²) >= 11 is 0. The van der Waals surface area contributed by atoms with Crippen LogP contribution in [0.2, 0.25) is 0 Å². The molecule has 0 N–H and O–H groups in total. The molecule has 0 radical (unpaired) electrons.